The lowest BCUT2D eigenvalue weighted by Gasteiger charge is -2.20. The number of nitrogens with zero attached hydrogens (tertiary/aromatic N) is 2. The first-order chi connectivity index (χ1) is 9.11. The second-order valence-corrected chi connectivity index (χ2v) is 4.93. The Balaban J connectivity index is 2.41. The number of aryl methyl sites for hydroxylation is 3. The van der Waals surface area contributed by atoms with E-state index in [-0.39, 0.29) is 6.04 Å². The van der Waals surface area contributed by atoms with Gasteiger partial charge >= 0.3 is 0 Å². The first kappa shape index (κ1) is 13.7. The molecule has 1 atom stereocenters. The number of benzene rings is 1. The van der Waals surface area contributed by atoms with Crippen LogP contribution in [0.15, 0.2) is 30.6 Å². The minimum absolute atomic E-state index is 0.110. The Hall–Kier alpha value is -1.74. The molecule has 1 heterocycles. The molecular weight excluding hydrogens is 234 g/mol. The molecule has 0 aliphatic heterocycles. The van der Waals surface area contributed by atoms with Gasteiger partial charge in [-0.05, 0) is 38.4 Å². The van der Waals surface area contributed by atoms with Crippen molar-refractivity contribution in [2.45, 2.75) is 33.7 Å². The highest BCUT2D eigenvalue weighted by molar-refractivity contribution is 5.36. The number of aromatic nitrogens is 2. The Labute approximate surface area is 115 Å². The van der Waals surface area contributed by atoms with E-state index in [1.807, 2.05) is 19.3 Å². The summed E-state index contributed by atoms with van der Waals surface area (Å²) in [7, 11) is 0. The summed E-state index contributed by atoms with van der Waals surface area (Å²) in [5.41, 5.74) is 5.75. The Morgan fingerprint density at radius 3 is 2.47 bits per heavy atom. The third-order valence-corrected chi connectivity index (χ3v) is 3.24. The number of hydrogen-bond donors (Lipinski definition) is 1. The summed E-state index contributed by atoms with van der Waals surface area (Å²) in [4.78, 5) is 8.86. The van der Waals surface area contributed by atoms with E-state index in [1.54, 1.807) is 0 Å². The van der Waals surface area contributed by atoms with Crippen LogP contribution in [0.25, 0.3) is 0 Å². The van der Waals surface area contributed by atoms with Gasteiger partial charge in [0.2, 0.25) is 0 Å². The van der Waals surface area contributed by atoms with Gasteiger partial charge in [0.25, 0.3) is 0 Å². The molecule has 0 aliphatic carbocycles. The van der Waals surface area contributed by atoms with Crippen LogP contribution < -0.4 is 5.32 Å². The van der Waals surface area contributed by atoms with Crippen LogP contribution in [-0.4, -0.2) is 16.5 Å². The molecule has 0 spiro atoms. The summed E-state index contributed by atoms with van der Waals surface area (Å²) in [6, 6.07) is 6.65. The molecule has 0 fully saturated rings. The van der Waals surface area contributed by atoms with E-state index in [1.165, 1.54) is 16.7 Å². The van der Waals surface area contributed by atoms with E-state index in [0.717, 1.165) is 17.9 Å². The highest BCUT2D eigenvalue weighted by Gasteiger charge is 2.16. The molecule has 3 nitrogen and oxygen atoms in total. The van der Waals surface area contributed by atoms with Gasteiger partial charge in [0.05, 0.1) is 23.6 Å². The summed E-state index contributed by atoms with van der Waals surface area (Å²) in [5.74, 6) is 0. The molecule has 2 aromatic rings. The van der Waals surface area contributed by atoms with E-state index in [9.17, 15) is 0 Å². The minimum atomic E-state index is 0.110. The van der Waals surface area contributed by atoms with Crippen LogP contribution in [0.2, 0.25) is 0 Å². The molecule has 0 amide bonds. The SMILES string of the molecule is CCNC(c1cnc(C)cn1)c1ccc(C)cc1C. The first-order valence-electron chi connectivity index (χ1n) is 6.71. The molecule has 1 aromatic heterocycles. The zero-order valence-corrected chi connectivity index (χ0v) is 12.1. The zero-order valence-electron chi connectivity index (χ0n) is 12.1. The fraction of sp³-hybridized carbons (Fsp3) is 0.375. The third-order valence-electron chi connectivity index (χ3n) is 3.24. The van der Waals surface area contributed by atoms with Gasteiger partial charge in [-0.2, -0.15) is 0 Å². The smallest absolute Gasteiger partial charge is 0.0801 e. The van der Waals surface area contributed by atoms with Crippen molar-refractivity contribution in [2.24, 2.45) is 0 Å². The lowest BCUT2D eigenvalue weighted by Crippen LogP contribution is -2.24. The average molecular weight is 255 g/mol. The maximum absolute atomic E-state index is 4.51. The average Bonchev–Trinajstić information content (AvgIpc) is 2.38. The molecule has 2 rings (SSSR count). The lowest BCUT2D eigenvalue weighted by molar-refractivity contribution is 0.609. The van der Waals surface area contributed by atoms with Gasteiger partial charge in [-0.25, -0.2) is 0 Å². The quantitative estimate of drug-likeness (QED) is 0.912. The van der Waals surface area contributed by atoms with E-state index in [4.69, 9.17) is 0 Å². The predicted octanol–water partition coefficient (Wildman–Crippen LogP) is 3.10. The fourth-order valence-electron chi connectivity index (χ4n) is 2.28. The minimum Gasteiger partial charge on any atom is -0.305 e. The maximum Gasteiger partial charge on any atom is 0.0801 e. The third kappa shape index (κ3) is 3.18. The van der Waals surface area contributed by atoms with Crippen molar-refractivity contribution in [3.05, 3.63) is 58.7 Å². The van der Waals surface area contributed by atoms with Crippen molar-refractivity contribution in [3.63, 3.8) is 0 Å². The van der Waals surface area contributed by atoms with Crippen LogP contribution in [0.3, 0.4) is 0 Å². The van der Waals surface area contributed by atoms with Crippen LogP contribution in [-0.2, 0) is 0 Å². The number of rotatable bonds is 4. The summed E-state index contributed by atoms with van der Waals surface area (Å²) in [6.07, 6.45) is 3.69. The molecule has 1 N–H and O–H groups in total. The van der Waals surface area contributed by atoms with E-state index in [0.29, 0.717) is 0 Å². The molecule has 0 saturated carbocycles. The van der Waals surface area contributed by atoms with Crippen molar-refractivity contribution in [2.75, 3.05) is 6.54 Å². The van der Waals surface area contributed by atoms with Crippen LogP contribution in [0.5, 0.6) is 0 Å². The second-order valence-electron chi connectivity index (χ2n) is 4.93. The topological polar surface area (TPSA) is 37.8 Å². The summed E-state index contributed by atoms with van der Waals surface area (Å²) in [5, 5.41) is 3.49. The molecule has 0 saturated heterocycles. The van der Waals surface area contributed by atoms with Crippen LogP contribution in [0.4, 0.5) is 0 Å². The molecule has 1 aromatic carbocycles. The van der Waals surface area contributed by atoms with E-state index >= 15 is 0 Å². The highest BCUT2D eigenvalue weighted by Crippen LogP contribution is 2.23. The Morgan fingerprint density at radius 2 is 1.89 bits per heavy atom. The van der Waals surface area contributed by atoms with E-state index in [2.05, 4.69) is 54.3 Å². The maximum atomic E-state index is 4.51. The lowest BCUT2D eigenvalue weighted by atomic mass is 9.97. The Morgan fingerprint density at radius 1 is 1.11 bits per heavy atom. The summed E-state index contributed by atoms with van der Waals surface area (Å²) in [6.45, 7) is 9.22. The van der Waals surface area contributed by atoms with Gasteiger partial charge in [0, 0.05) is 6.20 Å². The Kier molecular flexibility index (Phi) is 4.27. The number of hydrogen-bond acceptors (Lipinski definition) is 3. The predicted molar refractivity (Wildman–Crippen MR) is 78.2 cm³/mol. The monoisotopic (exact) mass is 255 g/mol. The van der Waals surface area contributed by atoms with Gasteiger partial charge in [-0.3, -0.25) is 9.97 Å². The molecule has 0 bridgehead atoms. The van der Waals surface area contributed by atoms with Crippen molar-refractivity contribution >= 4 is 0 Å². The Bertz CT molecular complexity index is 546. The summed E-state index contributed by atoms with van der Waals surface area (Å²) >= 11 is 0. The number of nitrogens with one attached hydrogen (secondary N) is 1. The second kappa shape index (κ2) is 5.93. The normalized spacial score (nSPS) is 12.4. The van der Waals surface area contributed by atoms with Gasteiger partial charge in [0.15, 0.2) is 0 Å². The summed E-state index contributed by atoms with van der Waals surface area (Å²) < 4.78 is 0. The van der Waals surface area contributed by atoms with Crippen molar-refractivity contribution in [3.8, 4) is 0 Å². The van der Waals surface area contributed by atoms with Gasteiger partial charge in [-0.15, -0.1) is 0 Å². The van der Waals surface area contributed by atoms with Gasteiger partial charge < -0.3 is 5.32 Å². The molecule has 3 heteroatoms. The van der Waals surface area contributed by atoms with Gasteiger partial charge in [0.1, 0.15) is 0 Å². The zero-order chi connectivity index (χ0) is 13.8. The van der Waals surface area contributed by atoms with Crippen molar-refractivity contribution in [1.82, 2.24) is 15.3 Å². The first-order valence-corrected chi connectivity index (χ1v) is 6.71. The molecular formula is C16H21N3. The largest absolute Gasteiger partial charge is 0.305 e. The van der Waals surface area contributed by atoms with Crippen LogP contribution in [0, 0.1) is 20.8 Å². The molecule has 1 unspecified atom stereocenters. The van der Waals surface area contributed by atoms with Crippen LogP contribution >= 0.6 is 0 Å². The van der Waals surface area contributed by atoms with Crippen molar-refractivity contribution < 1.29 is 0 Å². The van der Waals surface area contributed by atoms with Gasteiger partial charge in [-0.1, -0.05) is 30.7 Å². The molecule has 19 heavy (non-hydrogen) atoms. The van der Waals surface area contributed by atoms with Crippen molar-refractivity contribution in [1.29, 1.82) is 0 Å². The molecule has 0 aliphatic rings. The van der Waals surface area contributed by atoms with Crippen LogP contribution in [0.1, 0.15) is 41.0 Å². The molecule has 0 radical (unpaired) electrons. The van der Waals surface area contributed by atoms with E-state index < -0.39 is 0 Å². The standard InChI is InChI=1S/C16H21N3/c1-5-17-16(15-10-18-13(4)9-19-15)14-7-6-11(2)8-12(14)3/h6-10,16-17H,5H2,1-4H3. The molecule has 100 valence electrons. The fourth-order valence-corrected chi connectivity index (χ4v) is 2.28. The highest BCUT2D eigenvalue weighted by atomic mass is 14.9.